The highest BCUT2D eigenvalue weighted by molar-refractivity contribution is 5.58. The van der Waals surface area contributed by atoms with Gasteiger partial charge in [-0.1, -0.05) is 6.07 Å². The molecule has 0 bridgehead atoms. The molecule has 0 aliphatic heterocycles. The molecule has 0 radical (unpaired) electrons. The number of benzene rings is 1. The van der Waals surface area contributed by atoms with E-state index in [1.54, 1.807) is 18.2 Å². The van der Waals surface area contributed by atoms with E-state index in [-0.39, 0.29) is 5.82 Å². The maximum Gasteiger partial charge on any atom is 0.214 e. The summed E-state index contributed by atoms with van der Waals surface area (Å²) in [5, 5.41) is 2.87. The van der Waals surface area contributed by atoms with Crippen molar-refractivity contribution in [2.24, 2.45) is 0 Å². The lowest BCUT2D eigenvalue weighted by atomic mass is 10.3. The third kappa shape index (κ3) is 2.49. The van der Waals surface area contributed by atoms with Gasteiger partial charge in [0.1, 0.15) is 5.82 Å². The summed E-state index contributed by atoms with van der Waals surface area (Å²) in [6.45, 7) is 0. The number of anilines is 2. The maximum absolute atomic E-state index is 12.8. The van der Waals surface area contributed by atoms with Gasteiger partial charge < -0.3 is 5.32 Å². The van der Waals surface area contributed by atoms with Crippen LogP contribution >= 0.6 is 0 Å². The van der Waals surface area contributed by atoms with Crippen LogP contribution in [0, 0.1) is 11.8 Å². The van der Waals surface area contributed by atoms with Gasteiger partial charge in [0.05, 0.1) is 0 Å². The summed E-state index contributed by atoms with van der Waals surface area (Å²) in [5.41, 5.74) is 1.11. The molecule has 76 valence electrons. The van der Waals surface area contributed by atoms with Gasteiger partial charge >= 0.3 is 0 Å². The van der Waals surface area contributed by atoms with E-state index in [0.29, 0.717) is 11.4 Å². The number of pyridine rings is 1. The van der Waals surface area contributed by atoms with Crippen LogP contribution in [0.5, 0.6) is 0 Å². The van der Waals surface area contributed by atoms with Crippen molar-refractivity contribution in [2.45, 2.75) is 0 Å². The minimum atomic E-state index is -0.573. The van der Waals surface area contributed by atoms with E-state index in [0.717, 1.165) is 0 Å². The number of nitrogens with zero attached hydrogens (tertiary/aromatic N) is 1. The van der Waals surface area contributed by atoms with Gasteiger partial charge in [0.2, 0.25) is 5.95 Å². The lowest BCUT2D eigenvalue weighted by Gasteiger charge is -2.05. The van der Waals surface area contributed by atoms with E-state index in [1.807, 2.05) is 0 Å². The van der Waals surface area contributed by atoms with E-state index < -0.39 is 5.95 Å². The first-order valence-corrected chi connectivity index (χ1v) is 4.38. The van der Waals surface area contributed by atoms with Gasteiger partial charge in [0.15, 0.2) is 0 Å². The smallest absolute Gasteiger partial charge is 0.214 e. The van der Waals surface area contributed by atoms with Crippen molar-refractivity contribution in [1.29, 1.82) is 0 Å². The molecule has 0 unspecified atom stereocenters. The Hall–Kier alpha value is -1.97. The molecular formula is C11H8F2N2. The monoisotopic (exact) mass is 206 g/mol. The number of hydrogen-bond donors (Lipinski definition) is 1. The minimum Gasteiger partial charge on any atom is -0.355 e. The van der Waals surface area contributed by atoms with Gasteiger partial charge in [-0.05, 0) is 24.3 Å². The van der Waals surface area contributed by atoms with Crippen LogP contribution in [0.4, 0.5) is 20.2 Å². The van der Waals surface area contributed by atoms with Crippen LogP contribution in [0.3, 0.4) is 0 Å². The summed E-state index contributed by atoms with van der Waals surface area (Å²) in [6.07, 6.45) is 1.34. The average Bonchev–Trinajstić information content (AvgIpc) is 2.17. The van der Waals surface area contributed by atoms with E-state index in [9.17, 15) is 8.78 Å². The molecule has 1 aromatic heterocycles. The number of halogens is 2. The minimum absolute atomic E-state index is 0.338. The summed E-state index contributed by atoms with van der Waals surface area (Å²) in [5.74, 6) is -0.911. The summed E-state index contributed by atoms with van der Waals surface area (Å²) in [6, 6.07) is 8.80. The highest BCUT2D eigenvalue weighted by atomic mass is 19.1. The second-order valence-electron chi connectivity index (χ2n) is 3.00. The fraction of sp³-hybridized carbons (Fsp3) is 0. The van der Waals surface area contributed by atoms with Crippen molar-refractivity contribution in [3.8, 4) is 0 Å². The number of rotatable bonds is 2. The Labute approximate surface area is 85.6 Å². The molecule has 0 saturated heterocycles. The first-order valence-electron chi connectivity index (χ1n) is 4.38. The lowest BCUT2D eigenvalue weighted by Crippen LogP contribution is -1.92. The molecule has 1 N–H and O–H groups in total. The number of aromatic nitrogens is 1. The maximum atomic E-state index is 12.8. The Morgan fingerprint density at radius 2 is 1.80 bits per heavy atom. The standard InChI is InChI=1S/C11H8F2N2/c12-8-2-1-3-9(6-8)15-10-4-5-14-11(13)7-10/h1-7H,(H,14,15). The molecule has 0 spiro atoms. The van der Waals surface area contributed by atoms with Crippen molar-refractivity contribution in [3.63, 3.8) is 0 Å². The fourth-order valence-corrected chi connectivity index (χ4v) is 1.21. The summed E-state index contributed by atoms with van der Waals surface area (Å²) in [7, 11) is 0. The molecule has 1 aromatic carbocycles. The van der Waals surface area contributed by atoms with Crippen molar-refractivity contribution in [2.75, 3.05) is 5.32 Å². The Morgan fingerprint density at radius 1 is 1.00 bits per heavy atom. The summed E-state index contributed by atoms with van der Waals surface area (Å²) >= 11 is 0. The van der Waals surface area contributed by atoms with Crippen LogP contribution in [-0.2, 0) is 0 Å². The molecule has 0 atom stereocenters. The number of nitrogens with one attached hydrogen (secondary N) is 1. The van der Waals surface area contributed by atoms with Crippen molar-refractivity contribution in [3.05, 3.63) is 54.4 Å². The molecule has 0 amide bonds. The van der Waals surface area contributed by atoms with Gasteiger partial charge in [-0.25, -0.2) is 9.37 Å². The molecule has 2 nitrogen and oxygen atoms in total. The van der Waals surface area contributed by atoms with Crippen molar-refractivity contribution in [1.82, 2.24) is 4.98 Å². The SMILES string of the molecule is Fc1cccc(Nc2ccnc(F)c2)c1. The van der Waals surface area contributed by atoms with Gasteiger partial charge in [-0.2, -0.15) is 4.39 Å². The van der Waals surface area contributed by atoms with Crippen LogP contribution in [0.2, 0.25) is 0 Å². The Balaban J connectivity index is 2.22. The summed E-state index contributed by atoms with van der Waals surface area (Å²) in [4.78, 5) is 3.42. The van der Waals surface area contributed by atoms with Gasteiger partial charge in [-0.3, -0.25) is 0 Å². The molecule has 4 heteroatoms. The molecule has 1 heterocycles. The predicted molar refractivity (Wildman–Crippen MR) is 53.9 cm³/mol. The average molecular weight is 206 g/mol. The Kier molecular flexibility index (Phi) is 2.58. The van der Waals surface area contributed by atoms with E-state index in [4.69, 9.17) is 0 Å². The Morgan fingerprint density at radius 3 is 2.53 bits per heavy atom. The first-order chi connectivity index (χ1) is 7.24. The predicted octanol–water partition coefficient (Wildman–Crippen LogP) is 3.10. The summed E-state index contributed by atoms with van der Waals surface area (Å²) < 4.78 is 25.5. The van der Waals surface area contributed by atoms with Gasteiger partial charge in [0, 0.05) is 23.6 Å². The lowest BCUT2D eigenvalue weighted by molar-refractivity contribution is 0.584. The van der Waals surface area contributed by atoms with E-state index in [2.05, 4.69) is 10.3 Å². The third-order valence-electron chi connectivity index (χ3n) is 1.84. The largest absolute Gasteiger partial charge is 0.355 e. The van der Waals surface area contributed by atoms with Crippen molar-refractivity contribution >= 4 is 11.4 Å². The topological polar surface area (TPSA) is 24.9 Å². The molecule has 2 rings (SSSR count). The normalized spacial score (nSPS) is 10.0. The van der Waals surface area contributed by atoms with Crippen LogP contribution in [0.25, 0.3) is 0 Å². The van der Waals surface area contributed by atoms with Crippen LogP contribution in [0.1, 0.15) is 0 Å². The molecule has 0 saturated carbocycles. The second kappa shape index (κ2) is 4.04. The van der Waals surface area contributed by atoms with Gasteiger partial charge in [0.25, 0.3) is 0 Å². The second-order valence-corrected chi connectivity index (χ2v) is 3.00. The molecule has 0 aliphatic carbocycles. The zero-order chi connectivity index (χ0) is 10.7. The first kappa shape index (κ1) is 9.58. The molecule has 0 aliphatic rings. The fourth-order valence-electron chi connectivity index (χ4n) is 1.21. The molecule has 15 heavy (non-hydrogen) atoms. The third-order valence-corrected chi connectivity index (χ3v) is 1.84. The zero-order valence-electron chi connectivity index (χ0n) is 7.74. The van der Waals surface area contributed by atoms with E-state index in [1.165, 1.54) is 24.4 Å². The Bertz CT molecular complexity index is 428. The number of hydrogen-bond acceptors (Lipinski definition) is 2. The highest BCUT2D eigenvalue weighted by Gasteiger charge is 1.97. The molecule has 0 fully saturated rings. The van der Waals surface area contributed by atoms with Gasteiger partial charge in [-0.15, -0.1) is 0 Å². The quantitative estimate of drug-likeness (QED) is 0.763. The van der Waals surface area contributed by atoms with Crippen molar-refractivity contribution < 1.29 is 8.78 Å². The van der Waals surface area contributed by atoms with Crippen LogP contribution < -0.4 is 5.32 Å². The highest BCUT2D eigenvalue weighted by Crippen LogP contribution is 2.16. The van der Waals surface area contributed by atoms with Crippen LogP contribution in [-0.4, -0.2) is 4.98 Å². The molecule has 2 aromatic rings. The molecular weight excluding hydrogens is 198 g/mol. The van der Waals surface area contributed by atoms with Crippen LogP contribution in [0.15, 0.2) is 42.6 Å². The zero-order valence-corrected chi connectivity index (χ0v) is 7.74. The van der Waals surface area contributed by atoms with E-state index >= 15 is 0 Å².